The summed E-state index contributed by atoms with van der Waals surface area (Å²) in [5, 5.41) is 4.89. The first kappa shape index (κ1) is 12.9. The van der Waals surface area contributed by atoms with Crippen LogP contribution in [0.25, 0.3) is 22.2 Å². The van der Waals surface area contributed by atoms with E-state index in [0.29, 0.717) is 16.4 Å². The minimum Gasteiger partial charge on any atom is -0.481 e. The second kappa shape index (κ2) is 4.76. The maximum absolute atomic E-state index is 6.49. The molecule has 0 saturated heterocycles. The monoisotopic (exact) mass is 288 g/mol. The van der Waals surface area contributed by atoms with Gasteiger partial charge in [0.1, 0.15) is 5.52 Å². The summed E-state index contributed by atoms with van der Waals surface area (Å²) in [6.07, 6.45) is 3.67. The molecule has 0 aliphatic heterocycles. The van der Waals surface area contributed by atoms with Crippen LogP contribution >= 0.6 is 11.6 Å². The van der Waals surface area contributed by atoms with Crippen molar-refractivity contribution in [3.8, 4) is 17.0 Å². The molecule has 0 saturated carbocycles. The van der Waals surface area contributed by atoms with Crippen molar-refractivity contribution in [1.82, 2.24) is 19.7 Å². The third-order valence-electron chi connectivity index (χ3n) is 3.14. The summed E-state index contributed by atoms with van der Waals surface area (Å²) in [7, 11) is 3.45. The van der Waals surface area contributed by atoms with Gasteiger partial charge in [0.2, 0.25) is 5.88 Å². The van der Waals surface area contributed by atoms with E-state index in [1.54, 1.807) is 24.1 Å². The fourth-order valence-electron chi connectivity index (χ4n) is 2.18. The molecule has 0 spiro atoms. The molecule has 5 nitrogen and oxygen atoms in total. The third-order valence-corrected chi connectivity index (χ3v) is 3.52. The van der Waals surface area contributed by atoms with Crippen LogP contribution in [0, 0.1) is 6.92 Å². The SMILES string of the molecule is COc1ccc2ncc(-c3cn(C)nc3C)c(Cl)c2n1. The first-order valence-corrected chi connectivity index (χ1v) is 6.48. The van der Waals surface area contributed by atoms with Crippen molar-refractivity contribution in [1.29, 1.82) is 0 Å². The molecule has 0 aliphatic rings. The Kier molecular flexibility index (Phi) is 3.06. The molecule has 6 heteroatoms. The number of nitrogens with zero attached hydrogens (tertiary/aromatic N) is 4. The average molecular weight is 289 g/mol. The van der Waals surface area contributed by atoms with E-state index < -0.39 is 0 Å². The Balaban J connectivity index is 2.27. The van der Waals surface area contributed by atoms with Gasteiger partial charge in [0.15, 0.2) is 0 Å². The molecule has 3 aromatic rings. The highest BCUT2D eigenvalue weighted by atomic mass is 35.5. The van der Waals surface area contributed by atoms with E-state index in [9.17, 15) is 0 Å². The Bertz CT molecular complexity index is 797. The highest BCUT2D eigenvalue weighted by Crippen LogP contribution is 2.34. The molecule has 0 bridgehead atoms. The van der Waals surface area contributed by atoms with E-state index in [-0.39, 0.29) is 0 Å². The molecule has 0 atom stereocenters. The number of fused-ring (bicyclic) bond motifs is 1. The van der Waals surface area contributed by atoms with Crippen molar-refractivity contribution < 1.29 is 4.74 Å². The van der Waals surface area contributed by atoms with Gasteiger partial charge in [0.05, 0.1) is 23.3 Å². The van der Waals surface area contributed by atoms with Crippen molar-refractivity contribution in [2.45, 2.75) is 6.92 Å². The average Bonchev–Trinajstić information content (AvgIpc) is 2.78. The van der Waals surface area contributed by atoms with Crippen molar-refractivity contribution in [3.63, 3.8) is 0 Å². The molecule has 3 heterocycles. The summed E-state index contributed by atoms with van der Waals surface area (Å²) in [5.74, 6) is 0.515. The molecule has 0 radical (unpaired) electrons. The maximum atomic E-state index is 6.49. The van der Waals surface area contributed by atoms with E-state index in [1.807, 2.05) is 26.2 Å². The van der Waals surface area contributed by atoms with Gasteiger partial charge < -0.3 is 4.74 Å². The minimum atomic E-state index is 0.515. The number of aryl methyl sites for hydroxylation is 2. The van der Waals surface area contributed by atoms with Crippen LogP contribution in [0.4, 0.5) is 0 Å². The maximum Gasteiger partial charge on any atom is 0.213 e. The van der Waals surface area contributed by atoms with Gasteiger partial charge in [-0.25, -0.2) is 4.98 Å². The standard InChI is InChI=1S/C14H13ClN4O/c1-8-10(7-19(2)18-8)9-6-16-11-4-5-12(20-3)17-14(11)13(9)15/h4-7H,1-3H3. The van der Waals surface area contributed by atoms with E-state index in [2.05, 4.69) is 15.1 Å². The topological polar surface area (TPSA) is 52.8 Å². The number of hydrogen-bond donors (Lipinski definition) is 0. The van der Waals surface area contributed by atoms with Gasteiger partial charge in [-0.1, -0.05) is 11.6 Å². The number of pyridine rings is 2. The van der Waals surface area contributed by atoms with Crippen LogP contribution in [0.5, 0.6) is 5.88 Å². The first-order chi connectivity index (χ1) is 9.60. The molecule has 0 aromatic carbocycles. The highest BCUT2D eigenvalue weighted by Gasteiger charge is 2.14. The van der Waals surface area contributed by atoms with Crippen LogP contribution in [0.1, 0.15) is 5.69 Å². The van der Waals surface area contributed by atoms with Gasteiger partial charge in [-0.15, -0.1) is 0 Å². The Morgan fingerprint density at radius 3 is 2.70 bits per heavy atom. The van der Waals surface area contributed by atoms with Gasteiger partial charge in [0.25, 0.3) is 0 Å². The third kappa shape index (κ3) is 2.00. The van der Waals surface area contributed by atoms with Crippen LogP contribution in [-0.4, -0.2) is 26.9 Å². The van der Waals surface area contributed by atoms with Crippen molar-refractivity contribution in [2.75, 3.05) is 7.11 Å². The number of halogens is 1. The summed E-state index contributed by atoms with van der Waals surface area (Å²) in [5.41, 5.74) is 4.05. The summed E-state index contributed by atoms with van der Waals surface area (Å²) in [6.45, 7) is 1.94. The van der Waals surface area contributed by atoms with E-state index in [0.717, 1.165) is 22.3 Å². The van der Waals surface area contributed by atoms with E-state index >= 15 is 0 Å². The Morgan fingerprint density at radius 2 is 2.05 bits per heavy atom. The molecule has 102 valence electrons. The number of rotatable bonds is 2. The number of ether oxygens (including phenoxy) is 1. The minimum absolute atomic E-state index is 0.515. The smallest absolute Gasteiger partial charge is 0.213 e. The van der Waals surface area contributed by atoms with Gasteiger partial charge in [-0.05, 0) is 13.0 Å². The second-order valence-electron chi connectivity index (χ2n) is 4.51. The summed E-state index contributed by atoms with van der Waals surface area (Å²) >= 11 is 6.49. The van der Waals surface area contributed by atoms with Crippen LogP contribution in [0.3, 0.4) is 0 Å². The Hall–Kier alpha value is -2.14. The predicted molar refractivity (Wildman–Crippen MR) is 78.0 cm³/mol. The molecule has 0 unspecified atom stereocenters. The zero-order valence-electron chi connectivity index (χ0n) is 11.4. The molecule has 0 fully saturated rings. The summed E-state index contributed by atoms with van der Waals surface area (Å²) in [4.78, 5) is 8.78. The molecule has 3 aromatic heterocycles. The van der Waals surface area contributed by atoms with E-state index in [1.165, 1.54) is 0 Å². The molecule has 0 aliphatic carbocycles. The molecular formula is C14H13ClN4O. The van der Waals surface area contributed by atoms with Crippen LogP contribution in [0.15, 0.2) is 24.5 Å². The van der Waals surface area contributed by atoms with Crippen molar-refractivity contribution in [2.24, 2.45) is 7.05 Å². The lowest BCUT2D eigenvalue weighted by Crippen LogP contribution is -1.92. The molecule has 3 rings (SSSR count). The summed E-state index contributed by atoms with van der Waals surface area (Å²) in [6, 6.07) is 3.60. The molecular weight excluding hydrogens is 276 g/mol. The lowest BCUT2D eigenvalue weighted by Gasteiger charge is -2.07. The van der Waals surface area contributed by atoms with Crippen molar-refractivity contribution >= 4 is 22.6 Å². The van der Waals surface area contributed by atoms with Gasteiger partial charge in [-0.2, -0.15) is 5.10 Å². The Labute approximate surface area is 121 Å². The summed E-state index contributed by atoms with van der Waals surface area (Å²) < 4.78 is 6.89. The number of methoxy groups -OCH3 is 1. The molecule has 0 amide bonds. The Morgan fingerprint density at radius 1 is 1.25 bits per heavy atom. The van der Waals surface area contributed by atoms with Crippen molar-refractivity contribution in [3.05, 3.63) is 35.2 Å². The highest BCUT2D eigenvalue weighted by molar-refractivity contribution is 6.37. The normalized spacial score (nSPS) is 11.0. The second-order valence-corrected chi connectivity index (χ2v) is 4.89. The number of aromatic nitrogens is 4. The predicted octanol–water partition coefficient (Wildman–Crippen LogP) is 3.00. The zero-order chi connectivity index (χ0) is 14.3. The van der Waals surface area contributed by atoms with Gasteiger partial charge in [-0.3, -0.25) is 9.67 Å². The fraction of sp³-hybridized carbons (Fsp3) is 0.214. The van der Waals surface area contributed by atoms with E-state index in [4.69, 9.17) is 16.3 Å². The molecule has 0 N–H and O–H groups in total. The van der Waals surface area contributed by atoms with Crippen LogP contribution in [-0.2, 0) is 7.05 Å². The first-order valence-electron chi connectivity index (χ1n) is 6.10. The molecule has 20 heavy (non-hydrogen) atoms. The lowest BCUT2D eigenvalue weighted by atomic mass is 10.1. The van der Waals surface area contributed by atoms with Crippen LogP contribution in [0.2, 0.25) is 5.02 Å². The van der Waals surface area contributed by atoms with Gasteiger partial charge >= 0.3 is 0 Å². The quantitative estimate of drug-likeness (QED) is 0.727. The lowest BCUT2D eigenvalue weighted by molar-refractivity contribution is 0.399. The van der Waals surface area contributed by atoms with Gasteiger partial charge in [0, 0.05) is 36.6 Å². The largest absolute Gasteiger partial charge is 0.481 e. The van der Waals surface area contributed by atoms with Crippen LogP contribution < -0.4 is 4.74 Å². The fourth-order valence-corrected chi connectivity index (χ4v) is 2.47. The number of hydrogen-bond acceptors (Lipinski definition) is 4. The zero-order valence-corrected chi connectivity index (χ0v) is 12.1.